The highest BCUT2D eigenvalue weighted by Crippen LogP contribution is 2.27. The number of rotatable bonds is 6. The molecule has 0 radical (unpaired) electrons. The van der Waals surface area contributed by atoms with Crippen LogP contribution in [0.4, 0.5) is 4.79 Å². The van der Waals surface area contributed by atoms with Gasteiger partial charge < -0.3 is 34.1 Å². The molecule has 1 saturated heterocycles. The SMILES string of the molecule is CC(=O)O[C@H]1/C=C\[C@H](C)[C@@H](/C(C)=C/C=C/[C@@H](C)COC(=O)N2CCOCC2)OC(=O)C[C@H](O)CC[C@@]1(C)O. The molecular weight excluding hydrogens is 494 g/mol. The van der Waals surface area contributed by atoms with Crippen LogP contribution in [-0.4, -0.2) is 90.0 Å². The Labute approximate surface area is 225 Å². The average Bonchev–Trinajstić information content (AvgIpc) is 2.86. The summed E-state index contributed by atoms with van der Waals surface area (Å²) in [6.07, 6.45) is 6.04. The quantitative estimate of drug-likeness (QED) is 0.227. The first-order valence-corrected chi connectivity index (χ1v) is 13.2. The number of morpholine rings is 1. The Bertz CT molecular complexity index is 889. The summed E-state index contributed by atoms with van der Waals surface area (Å²) in [5, 5.41) is 21.2. The maximum atomic E-state index is 12.6. The minimum atomic E-state index is -1.42. The van der Waals surface area contributed by atoms with E-state index in [1.165, 1.54) is 6.92 Å². The van der Waals surface area contributed by atoms with E-state index in [4.69, 9.17) is 18.9 Å². The van der Waals surface area contributed by atoms with Gasteiger partial charge in [-0.15, -0.1) is 0 Å². The van der Waals surface area contributed by atoms with Gasteiger partial charge in [-0.2, -0.15) is 0 Å². The molecule has 2 rings (SSSR count). The predicted octanol–water partition coefficient (Wildman–Crippen LogP) is 2.93. The summed E-state index contributed by atoms with van der Waals surface area (Å²) in [5.41, 5.74) is -0.664. The zero-order valence-electron chi connectivity index (χ0n) is 23.1. The molecule has 0 aromatic heterocycles. The van der Waals surface area contributed by atoms with Gasteiger partial charge in [-0.3, -0.25) is 9.59 Å². The maximum absolute atomic E-state index is 12.6. The monoisotopic (exact) mass is 537 g/mol. The molecular formula is C28H43NO9. The summed E-state index contributed by atoms with van der Waals surface area (Å²) in [6, 6.07) is 0. The Morgan fingerprint density at radius 3 is 2.61 bits per heavy atom. The van der Waals surface area contributed by atoms with Crippen molar-refractivity contribution in [2.24, 2.45) is 11.8 Å². The van der Waals surface area contributed by atoms with Gasteiger partial charge in [-0.25, -0.2) is 4.79 Å². The van der Waals surface area contributed by atoms with Crippen molar-refractivity contribution in [3.63, 3.8) is 0 Å². The summed E-state index contributed by atoms with van der Waals surface area (Å²) in [5.74, 6) is -1.43. The van der Waals surface area contributed by atoms with Gasteiger partial charge in [0.25, 0.3) is 0 Å². The van der Waals surface area contributed by atoms with E-state index < -0.39 is 35.9 Å². The lowest BCUT2D eigenvalue weighted by atomic mass is 9.88. The van der Waals surface area contributed by atoms with E-state index in [1.807, 2.05) is 39.0 Å². The van der Waals surface area contributed by atoms with Crippen molar-refractivity contribution in [3.05, 3.63) is 36.0 Å². The molecule has 1 fully saturated rings. The van der Waals surface area contributed by atoms with E-state index in [-0.39, 0.29) is 43.8 Å². The highest BCUT2D eigenvalue weighted by atomic mass is 16.6. The van der Waals surface area contributed by atoms with Crippen LogP contribution in [0.25, 0.3) is 0 Å². The van der Waals surface area contributed by atoms with Crippen molar-refractivity contribution in [2.45, 2.75) is 77.8 Å². The molecule has 0 aromatic rings. The molecule has 2 N–H and O–H groups in total. The number of carbonyl (C=O) groups is 3. The molecule has 0 unspecified atom stereocenters. The highest BCUT2D eigenvalue weighted by Gasteiger charge is 2.35. The van der Waals surface area contributed by atoms with Crippen LogP contribution in [-0.2, 0) is 28.5 Å². The molecule has 0 bridgehead atoms. The molecule has 0 aromatic carbocycles. The standard InChI is InChI=1S/C28H43NO9/c1-19(18-36-27(33)29-13-15-35-16-14-29)7-6-8-20(2)26-21(3)9-10-24(37-22(4)30)28(5,34)12-11-23(31)17-25(32)38-26/h6-10,19,21,23-24,26,31,34H,11-18H2,1-5H3/b7-6+,10-9-,20-8+/t19-,21+,23-,24+,26-,28-/m1/s1. The number of aliphatic hydroxyl groups excluding tert-OH is 1. The molecule has 0 saturated carbocycles. The molecule has 214 valence electrons. The van der Waals surface area contributed by atoms with Crippen LogP contribution in [0.15, 0.2) is 36.0 Å². The van der Waals surface area contributed by atoms with Crippen LogP contribution in [0, 0.1) is 11.8 Å². The topological polar surface area (TPSA) is 132 Å². The number of nitrogens with zero attached hydrogens (tertiary/aromatic N) is 1. The Morgan fingerprint density at radius 2 is 1.95 bits per heavy atom. The number of allylic oxidation sites excluding steroid dienone is 2. The van der Waals surface area contributed by atoms with Gasteiger partial charge in [-0.1, -0.05) is 38.2 Å². The minimum Gasteiger partial charge on any atom is -0.457 e. The van der Waals surface area contributed by atoms with Gasteiger partial charge in [-0.05, 0) is 38.3 Å². The predicted molar refractivity (Wildman–Crippen MR) is 140 cm³/mol. The number of carbonyl (C=O) groups excluding carboxylic acids is 3. The molecule has 1 amide bonds. The zero-order chi connectivity index (χ0) is 28.3. The lowest BCUT2D eigenvalue weighted by molar-refractivity contribution is -0.157. The van der Waals surface area contributed by atoms with Crippen LogP contribution in [0.2, 0.25) is 0 Å². The maximum Gasteiger partial charge on any atom is 0.409 e. The van der Waals surface area contributed by atoms with Gasteiger partial charge in [0, 0.05) is 31.8 Å². The number of esters is 2. The molecule has 6 atom stereocenters. The van der Waals surface area contributed by atoms with Gasteiger partial charge >= 0.3 is 18.0 Å². The van der Waals surface area contributed by atoms with Crippen molar-refractivity contribution in [1.29, 1.82) is 0 Å². The molecule has 38 heavy (non-hydrogen) atoms. The summed E-state index contributed by atoms with van der Waals surface area (Å²) >= 11 is 0. The normalized spacial score (nSPS) is 31.5. The fourth-order valence-electron chi connectivity index (χ4n) is 4.22. The molecule has 2 heterocycles. The van der Waals surface area contributed by atoms with Crippen molar-refractivity contribution >= 4 is 18.0 Å². The van der Waals surface area contributed by atoms with E-state index in [1.54, 1.807) is 24.0 Å². The number of aliphatic hydroxyl groups is 2. The van der Waals surface area contributed by atoms with Gasteiger partial charge in [0.15, 0.2) is 0 Å². The van der Waals surface area contributed by atoms with Crippen LogP contribution < -0.4 is 0 Å². The van der Waals surface area contributed by atoms with Gasteiger partial charge in [0.2, 0.25) is 0 Å². The van der Waals surface area contributed by atoms with E-state index in [9.17, 15) is 24.6 Å². The van der Waals surface area contributed by atoms with Crippen LogP contribution in [0.1, 0.15) is 53.9 Å². The van der Waals surface area contributed by atoms with Crippen LogP contribution >= 0.6 is 0 Å². The summed E-state index contributed by atoms with van der Waals surface area (Å²) < 4.78 is 21.7. The Hall–Kier alpha value is -2.69. The lowest BCUT2D eigenvalue weighted by Gasteiger charge is -2.32. The Kier molecular flexibility index (Phi) is 12.5. The average molecular weight is 538 g/mol. The summed E-state index contributed by atoms with van der Waals surface area (Å²) in [4.78, 5) is 38.0. The summed E-state index contributed by atoms with van der Waals surface area (Å²) in [6.45, 7) is 10.7. The Morgan fingerprint density at radius 1 is 1.26 bits per heavy atom. The van der Waals surface area contributed by atoms with Crippen LogP contribution in [0.3, 0.4) is 0 Å². The van der Waals surface area contributed by atoms with Gasteiger partial charge in [0.05, 0.1) is 32.3 Å². The van der Waals surface area contributed by atoms with Gasteiger partial charge in [0.1, 0.15) is 17.8 Å². The van der Waals surface area contributed by atoms with Crippen molar-refractivity contribution in [3.8, 4) is 0 Å². The second kappa shape index (κ2) is 15.0. The van der Waals surface area contributed by atoms with Crippen molar-refractivity contribution in [2.75, 3.05) is 32.9 Å². The fraction of sp³-hybridized carbons (Fsp3) is 0.679. The van der Waals surface area contributed by atoms with Crippen molar-refractivity contribution in [1.82, 2.24) is 4.90 Å². The number of ether oxygens (including phenoxy) is 4. The largest absolute Gasteiger partial charge is 0.457 e. The van der Waals surface area contributed by atoms with E-state index in [0.717, 1.165) is 5.57 Å². The van der Waals surface area contributed by atoms with E-state index >= 15 is 0 Å². The zero-order valence-corrected chi connectivity index (χ0v) is 23.1. The smallest absolute Gasteiger partial charge is 0.409 e. The third kappa shape index (κ3) is 10.6. The second-order valence-corrected chi connectivity index (χ2v) is 10.4. The van der Waals surface area contributed by atoms with E-state index in [2.05, 4.69) is 0 Å². The first-order valence-electron chi connectivity index (χ1n) is 13.2. The first kappa shape index (κ1) is 31.5. The van der Waals surface area contributed by atoms with E-state index in [0.29, 0.717) is 26.3 Å². The Balaban J connectivity index is 2.10. The molecule has 10 nitrogen and oxygen atoms in total. The number of hydrogen-bond donors (Lipinski definition) is 2. The third-order valence-corrected chi connectivity index (χ3v) is 6.60. The molecule has 0 spiro atoms. The highest BCUT2D eigenvalue weighted by molar-refractivity contribution is 5.70. The first-order chi connectivity index (χ1) is 17.9. The summed E-state index contributed by atoms with van der Waals surface area (Å²) in [7, 11) is 0. The second-order valence-electron chi connectivity index (χ2n) is 10.4. The molecule has 0 aliphatic carbocycles. The lowest BCUT2D eigenvalue weighted by Crippen LogP contribution is -2.42. The fourth-order valence-corrected chi connectivity index (χ4v) is 4.22. The third-order valence-electron chi connectivity index (χ3n) is 6.60. The molecule has 10 heteroatoms. The molecule has 2 aliphatic heterocycles. The number of cyclic esters (lactones) is 1. The molecule has 2 aliphatic rings. The number of amides is 1. The van der Waals surface area contributed by atoms with Crippen molar-refractivity contribution < 1.29 is 43.5 Å². The van der Waals surface area contributed by atoms with Crippen LogP contribution in [0.5, 0.6) is 0 Å². The minimum absolute atomic E-state index is 0.0397. The number of hydrogen-bond acceptors (Lipinski definition) is 9.